The van der Waals surface area contributed by atoms with Crippen LogP contribution < -0.4 is 0 Å². The summed E-state index contributed by atoms with van der Waals surface area (Å²) in [5.74, 6) is 0.175. The highest BCUT2D eigenvalue weighted by Gasteiger charge is 2.15. The smallest absolute Gasteiger partial charge is 0.316 e. The second kappa shape index (κ2) is 8.38. The highest BCUT2D eigenvalue weighted by Crippen LogP contribution is 2.17. The Balaban J connectivity index is 3.51. The zero-order valence-corrected chi connectivity index (χ0v) is 9.10. The number of ether oxygens (including phenoxy) is 1. The predicted molar refractivity (Wildman–Crippen MR) is 55.3 cm³/mol. The van der Waals surface area contributed by atoms with E-state index in [4.69, 9.17) is 9.84 Å². The molecule has 0 aliphatic heterocycles. The molecule has 0 heterocycles. The van der Waals surface area contributed by atoms with E-state index < -0.39 is 5.97 Å². The summed E-state index contributed by atoms with van der Waals surface area (Å²) in [6.07, 6.45) is 2.61. The number of aliphatic carboxylic acids is 1. The van der Waals surface area contributed by atoms with E-state index in [0.717, 1.165) is 25.0 Å². The quantitative estimate of drug-likeness (QED) is 0.617. The zero-order valence-electron chi connectivity index (χ0n) is 8.28. The Morgan fingerprint density at radius 3 is 2.77 bits per heavy atom. The highest BCUT2D eigenvalue weighted by atomic mass is 32.2. The Morgan fingerprint density at radius 2 is 2.31 bits per heavy atom. The van der Waals surface area contributed by atoms with Crippen molar-refractivity contribution in [3.8, 4) is 0 Å². The van der Waals surface area contributed by atoms with Gasteiger partial charge < -0.3 is 9.84 Å². The van der Waals surface area contributed by atoms with Crippen LogP contribution in [0.1, 0.15) is 26.2 Å². The Kier molecular flexibility index (Phi) is 8.24. The summed E-state index contributed by atoms with van der Waals surface area (Å²) in [6.45, 7) is 2.72. The molecule has 4 heteroatoms. The first-order valence-corrected chi connectivity index (χ1v) is 5.60. The van der Waals surface area contributed by atoms with E-state index in [2.05, 4.69) is 0 Å². The van der Waals surface area contributed by atoms with Crippen molar-refractivity contribution in [2.75, 3.05) is 19.5 Å². The summed E-state index contributed by atoms with van der Waals surface area (Å²) in [4.78, 5) is 10.7. The van der Waals surface area contributed by atoms with Crippen molar-refractivity contribution >= 4 is 17.7 Å². The molecule has 0 aromatic rings. The summed E-state index contributed by atoms with van der Waals surface area (Å²) in [7, 11) is 1.66. The fraction of sp³-hybridized carbons (Fsp3) is 0.889. The first-order chi connectivity index (χ1) is 6.22. The summed E-state index contributed by atoms with van der Waals surface area (Å²) in [6, 6.07) is 0. The molecule has 0 amide bonds. The van der Waals surface area contributed by atoms with Crippen molar-refractivity contribution in [2.45, 2.75) is 31.4 Å². The summed E-state index contributed by atoms with van der Waals surface area (Å²) in [5, 5.41) is 8.57. The fourth-order valence-electron chi connectivity index (χ4n) is 0.969. The molecular formula is C9H18O3S. The maximum atomic E-state index is 10.7. The molecule has 78 valence electrons. The largest absolute Gasteiger partial charge is 0.480 e. The second-order valence-electron chi connectivity index (χ2n) is 2.83. The van der Waals surface area contributed by atoms with Crippen LogP contribution in [-0.4, -0.2) is 35.8 Å². The van der Waals surface area contributed by atoms with Crippen LogP contribution in [0.2, 0.25) is 0 Å². The Labute approximate surface area is 83.9 Å². The molecule has 0 radical (unpaired) electrons. The van der Waals surface area contributed by atoms with Gasteiger partial charge >= 0.3 is 5.97 Å². The first kappa shape index (κ1) is 12.8. The van der Waals surface area contributed by atoms with Crippen LogP contribution in [-0.2, 0) is 9.53 Å². The third-order valence-corrected chi connectivity index (χ3v) is 3.00. The lowest BCUT2D eigenvalue weighted by Gasteiger charge is -2.09. The van der Waals surface area contributed by atoms with Gasteiger partial charge in [-0.3, -0.25) is 4.79 Å². The Bertz CT molecular complexity index is 139. The molecule has 0 saturated carbocycles. The molecule has 3 nitrogen and oxygen atoms in total. The molecule has 0 saturated heterocycles. The topological polar surface area (TPSA) is 46.5 Å². The van der Waals surface area contributed by atoms with Crippen LogP contribution in [0.4, 0.5) is 0 Å². The first-order valence-electron chi connectivity index (χ1n) is 4.55. The molecule has 0 rings (SSSR count). The third kappa shape index (κ3) is 6.90. The molecule has 0 spiro atoms. The Morgan fingerprint density at radius 1 is 1.62 bits per heavy atom. The van der Waals surface area contributed by atoms with Gasteiger partial charge in [-0.2, -0.15) is 0 Å². The van der Waals surface area contributed by atoms with Crippen LogP contribution in [0.15, 0.2) is 0 Å². The molecule has 0 aromatic carbocycles. The van der Waals surface area contributed by atoms with E-state index in [1.165, 1.54) is 11.8 Å². The van der Waals surface area contributed by atoms with Crippen molar-refractivity contribution in [1.82, 2.24) is 0 Å². The fourth-order valence-corrected chi connectivity index (χ4v) is 2.08. The van der Waals surface area contributed by atoms with Crippen molar-refractivity contribution < 1.29 is 14.6 Å². The molecule has 1 unspecified atom stereocenters. The maximum absolute atomic E-state index is 10.7. The van der Waals surface area contributed by atoms with Crippen LogP contribution in [0.25, 0.3) is 0 Å². The molecule has 0 aliphatic carbocycles. The summed E-state index contributed by atoms with van der Waals surface area (Å²) >= 11 is 1.51. The minimum Gasteiger partial charge on any atom is -0.480 e. The van der Waals surface area contributed by atoms with Gasteiger partial charge in [-0.15, -0.1) is 11.8 Å². The van der Waals surface area contributed by atoms with Gasteiger partial charge in [-0.05, 0) is 18.6 Å². The van der Waals surface area contributed by atoms with Crippen molar-refractivity contribution in [3.63, 3.8) is 0 Å². The van der Waals surface area contributed by atoms with Crippen LogP contribution >= 0.6 is 11.8 Å². The SMILES string of the molecule is CCCC(SCCCOC)C(=O)O. The lowest BCUT2D eigenvalue weighted by molar-refractivity contribution is -0.136. The van der Waals surface area contributed by atoms with E-state index in [9.17, 15) is 4.79 Å². The highest BCUT2D eigenvalue weighted by molar-refractivity contribution is 8.00. The van der Waals surface area contributed by atoms with Gasteiger partial charge in [0.1, 0.15) is 5.25 Å². The van der Waals surface area contributed by atoms with E-state index in [-0.39, 0.29) is 5.25 Å². The van der Waals surface area contributed by atoms with Crippen molar-refractivity contribution in [3.05, 3.63) is 0 Å². The molecular weight excluding hydrogens is 188 g/mol. The zero-order chi connectivity index (χ0) is 10.1. The van der Waals surface area contributed by atoms with E-state index in [1.54, 1.807) is 7.11 Å². The molecule has 13 heavy (non-hydrogen) atoms. The molecule has 0 bridgehead atoms. The molecule has 0 aromatic heterocycles. The number of hydrogen-bond donors (Lipinski definition) is 1. The van der Waals surface area contributed by atoms with E-state index in [0.29, 0.717) is 6.61 Å². The minimum absolute atomic E-state index is 0.234. The number of hydrogen-bond acceptors (Lipinski definition) is 3. The normalized spacial score (nSPS) is 12.8. The lowest BCUT2D eigenvalue weighted by Crippen LogP contribution is -2.16. The van der Waals surface area contributed by atoms with Gasteiger partial charge in [-0.25, -0.2) is 0 Å². The van der Waals surface area contributed by atoms with Gasteiger partial charge in [0.2, 0.25) is 0 Å². The Hall–Kier alpha value is -0.220. The molecule has 0 fully saturated rings. The minimum atomic E-state index is -0.690. The average molecular weight is 206 g/mol. The van der Waals surface area contributed by atoms with Gasteiger partial charge in [0.25, 0.3) is 0 Å². The number of carboxylic acid groups (broad SMARTS) is 1. The number of methoxy groups -OCH3 is 1. The molecule has 1 atom stereocenters. The summed E-state index contributed by atoms with van der Waals surface area (Å²) in [5.41, 5.74) is 0. The van der Waals surface area contributed by atoms with E-state index in [1.807, 2.05) is 6.92 Å². The van der Waals surface area contributed by atoms with Crippen molar-refractivity contribution in [2.24, 2.45) is 0 Å². The van der Waals surface area contributed by atoms with Gasteiger partial charge in [0, 0.05) is 13.7 Å². The van der Waals surface area contributed by atoms with Gasteiger partial charge in [-0.1, -0.05) is 13.3 Å². The second-order valence-corrected chi connectivity index (χ2v) is 4.14. The summed E-state index contributed by atoms with van der Waals surface area (Å²) < 4.78 is 4.88. The van der Waals surface area contributed by atoms with Gasteiger partial charge in [0.05, 0.1) is 0 Å². The number of carboxylic acids is 1. The molecule has 1 N–H and O–H groups in total. The average Bonchev–Trinajstić information content (AvgIpc) is 2.10. The third-order valence-electron chi connectivity index (χ3n) is 1.64. The van der Waals surface area contributed by atoms with E-state index >= 15 is 0 Å². The van der Waals surface area contributed by atoms with Crippen LogP contribution in [0.3, 0.4) is 0 Å². The standard InChI is InChI=1S/C9H18O3S/c1-3-5-8(9(10)11)13-7-4-6-12-2/h8H,3-7H2,1-2H3,(H,10,11). The predicted octanol–water partition coefficient (Wildman–Crippen LogP) is 2.01. The van der Waals surface area contributed by atoms with Gasteiger partial charge in [0.15, 0.2) is 0 Å². The number of thioether (sulfide) groups is 1. The molecule has 0 aliphatic rings. The monoisotopic (exact) mass is 206 g/mol. The number of rotatable bonds is 8. The van der Waals surface area contributed by atoms with Crippen molar-refractivity contribution in [1.29, 1.82) is 0 Å². The maximum Gasteiger partial charge on any atom is 0.316 e. The number of carbonyl (C=O) groups is 1. The van der Waals surface area contributed by atoms with Crippen LogP contribution in [0, 0.1) is 0 Å². The van der Waals surface area contributed by atoms with Crippen LogP contribution in [0.5, 0.6) is 0 Å². The lowest BCUT2D eigenvalue weighted by atomic mass is 10.2.